The molecule has 0 spiro atoms. The van der Waals surface area contributed by atoms with Gasteiger partial charge in [-0.2, -0.15) is 0 Å². The lowest BCUT2D eigenvalue weighted by molar-refractivity contribution is -0.748. The summed E-state index contributed by atoms with van der Waals surface area (Å²) in [4.78, 5) is 13.1. The molecule has 2 N–H and O–H groups in total. The molecule has 0 aliphatic carbocycles. The van der Waals surface area contributed by atoms with Gasteiger partial charge in [-0.05, 0) is 37.6 Å². The van der Waals surface area contributed by atoms with E-state index in [0.717, 1.165) is 28.5 Å². The smallest absolute Gasteiger partial charge is 0.151 e. The summed E-state index contributed by atoms with van der Waals surface area (Å²) >= 11 is 12.1. The molecule has 1 aliphatic heterocycles. The van der Waals surface area contributed by atoms with Crippen LogP contribution in [0.3, 0.4) is 0 Å². The van der Waals surface area contributed by atoms with Gasteiger partial charge < -0.3 is 5.32 Å². The van der Waals surface area contributed by atoms with Crippen molar-refractivity contribution in [1.29, 1.82) is 0 Å². The van der Waals surface area contributed by atoms with Crippen molar-refractivity contribution in [1.82, 2.24) is 0 Å². The monoisotopic (exact) mass is 376 g/mol. The summed E-state index contributed by atoms with van der Waals surface area (Å²) in [6, 6.07) is 16.0. The van der Waals surface area contributed by atoms with Crippen LogP contribution in [-0.2, 0) is 4.79 Å². The second kappa shape index (κ2) is 7.90. The molecule has 1 fully saturated rings. The van der Waals surface area contributed by atoms with Crippen molar-refractivity contribution in [3.05, 3.63) is 69.7 Å². The molecule has 0 saturated carbocycles. The van der Waals surface area contributed by atoms with E-state index in [4.69, 9.17) is 23.2 Å². The van der Waals surface area contributed by atoms with Crippen LogP contribution in [0, 0.1) is 11.8 Å². The molecule has 2 aromatic carbocycles. The first-order valence-electron chi connectivity index (χ1n) is 8.91. The second-order valence-electron chi connectivity index (χ2n) is 6.93. The molecule has 2 aromatic rings. The maximum Gasteiger partial charge on any atom is 0.151 e. The number of piperidine rings is 1. The number of hydrogen-bond acceptors (Lipinski definition) is 1. The Morgan fingerprint density at radius 2 is 1.36 bits per heavy atom. The zero-order valence-electron chi connectivity index (χ0n) is 14.6. The first kappa shape index (κ1) is 18.4. The van der Waals surface area contributed by atoms with Crippen LogP contribution in [0.15, 0.2) is 48.5 Å². The van der Waals surface area contributed by atoms with Gasteiger partial charge in [0.25, 0.3) is 0 Å². The van der Waals surface area contributed by atoms with Gasteiger partial charge in [-0.15, -0.1) is 0 Å². The van der Waals surface area contributed by atoms with E-state index in [1.54, 1.807) is 0 Å². The van der Waals surface area contributed by atoms with Crippen molar-refractivity contribution >= 4 is 29.0 Å². The summed E-state index contributed by atoms with van der Waals surface area (Å²) < 4.78 is 0. The number of carbonyl (C=O) groups excluding carboxylic acids is 1. The molecular formula is C21H24Cl2NO+. The summed E-state index contributed by atoms with van der Waals surface area (Å²) in [5.41, 5.74) is 2.32. The maximum absolute atomic E-state index is 13.1. The highest BCUT2D eigenvalue weighted by Gasteiger charge is 2.45. The molecule has 0 bridgehead atoms. The first-order valence-corrected chi connectivity index (χ1v) is 9.66. The van der Waals surface area contributed by atoms with Crippen molar-refractivity contribution < 1.29 is 10.1 Å². The molecule has 0 unspecified atom stereocenters. The minimum absolute atomic E-state index is 0.0127. The third-order valence-electron chi connectivity index (χ3n) is 5.31. The van der Waals surface area contributed by atoms with E-state index < -0.39 is 0 Å². The Hall–Kier alpha value is -1.35. The molecule has 0 amide bonds. The van der Waals surface area contributed by atoms with Crippen LogP contribution in [-0.4, -0.2) is 5.78 Å². The number of Topliss-reactive ketones (excluding diaryl/α,β-unsaturated/α-hetero) is 1. The van der Waals surface area contributed by atoms with Crippen LogP contribution in [0.2, 0.25) is 10.0 Å². The molecule has 0 radical (unpaired) electrons. The normalized spacial score (nSPS) is 26.6. The fraction of sp³-hybridized carbons (Fsp3) is 0.381. The Morgan fingerprint density at radius 1 is 0.880 bits per heavy atom. The Labute approximate surface area is 159 Å². The molecule has 4 heteroatoms. The minimum atomic E-state index is -0.0127. The number of ketones is 1. The average Bonchev–Trinajstić information content (AvgIpc) is 2.61. The van der Waals surface area contributed by atoms with Gasteiger partial charge in [0, 0.05) is 21.2 Å². The van der Waals surface area contributed by atoms with Crippen LogP contribution < -0.4 is 5.32 Å². The molecule has 1 aliphatic rings. The highest BCUT2D eigenvalue weighted by molar-refractivity contribution is 6.30. The SMILES string of the molecule is CCC[C@@H]1C(=O)[C@@H](C)[C@@H](c2ccc(Cl)cc2)[NH2+][C@H]1c1ccc(Cl)cc1. The van der Waals surface area contributed by atoms with E-state index in [9.17, 15) is 4.79 Å². The number of rotatable bonds is 4. The number of benzene rings is 2. The van der Waals surface area contributed by atoms with E-state index in [2.05, 4.69) is 19.2 Å². The van der Waals surface area contributed by atoms with Crippen molar-refractivity contribution in [2.24, 2.45) is 11.8 Å². The zero-order valence-corrected chi connectivity index (χ0v) is 16.1. The number of carbonyl (C=O) groups is 1. The molecule has 132 valence electrons. The molecule has 1 saturated heterocycles. The molecule has 3 rings (SSSR count). The highest BCUT2D eigenvalue weighted by atomic mass is 35.5. The number of hydrogen-bond donors (Lipinski definition) is 1. The van der Waals surface area contributed by atoms with Gasteiger partial charge in [0.2, 0.25) is 0 Å². The Kier molecular flexibility index (Phi) is 5.83. The molecule has 4 atom stereocenters. The minimum Gasteiger partial charge on any atom is -0.333 e. The van der Waals surface area contributed by atoms with Crippen LogP contribution in [0.1, 0.15) is 49.9 Å². The summed E-state index contributed by atoms with van der Waals surface area (Å²) in [5.74, 6) is 0.398. The topological polar surface area (TPSA) is 33.7 Å². The van der Waals surface area contributed by atoms with Gasteiger partial charge in [-0.25, -0.2) is 0 Å². The number of quaternary nitrogens is 1. The zero-order chi connectivity index (χ0) is 18.0. The largest absolute Gasteiger partial charge is 0.333 e. The van der Waals surface area contributed by atoms with Crippen LogP contribution >= 0.6 is 23.2 Å². The Balaban J connectivity index is 1.96. The van der Waals surface area contributed by atoms with E-state index in [1.165, 1.54) is 5.56 Å². The predicted molar refractivity (Wildman–Crippen MR) is 103 cm³/mol. The van der Waals surface area contributed by atoms with E-state index in [1.807, 2.05) is 48.5 Å². The van der Waals surface area contributed by atoms with Gasteiger partial charge in [0.15, 0.2) is 5.78 Å². The Morgan fingerprint density at radius 3 is 1.84 bits per heavy atom. The van der Waals surface area contributed by atoms with Gasteiger partial charge in [-0.3, -0.25) is 4.79 Å². The molecular weight excluding hydrogens is 353 g/mol. The van der Waals surface area contributed by atoms with Gasteiger partial charge in [-0.1, -0.05) is 60.8 Å². The predicted octanol–water partition coefficient (Wildman–Crippen LogP) is 4.97. The van der Waals surface area contributed by atoms with Crippen LogP contribution in [0.5, 0.6) is 0 Å². The highest BCUT2D eigenvalue weighted by Crippen LogP contribution is 2.35. The molecule has 2 nitrogen and oxygen atoms in total. The lowest BCUT2D eigenvalue weighted by Crippen LogP contribution is -2.91. The number of nitrogens with two attached hydrogens (primary N) is 1. The standard InChI is InChI=1S/C21H23Cl2NO/c1-3-4-18-20(15-7-11-17(23)12-8-15)24-19(13(2)21(18)25)14-5-9-16(22)10-6-14/h5-13,18-20,24H,3-4H2,1-2H3/p+1/t13-,18-,19-,20-/m0/s1. The van der Waals surface area contributed by atoms with Gasteiger partial charge >= 0.3 is 0 Å². The summed E-state index contributed by atoms with van der Waals surface area (Å²) in [6.45, 7) is 4.20. The van der Waals surface area contributed by atoms with Gasteiger partial charge in [0.05, 0.1) is 11.8 Å². The lowest BCUT2D eigenvalue weighted by atomic mass is 9.74. The summed E-state index contributed by atoms with van der Waals surface area (Å²) in [7, 11) is 0. The summed E-state index contributed by atoms with van der Waals surface area (Å²) in [6.07, 6.45) is 1.92. The Bertz CT molecular complexity index is 727. The first-order chi connectivity index (χ1) is 12.0. The van der Waals surface area contributed by atoms with Crippen molar-refractivity contribution in [3.8, 4) is 0 Å². The van der Waals surface area contributed by atoms with Crippen molar-refractivity contribution in [2.75, 3.05) is 0 Å². The van der Waals surface area contributed by atoms with Crippen molar-refractivity contribution in [2.45, 2.75) is 38.8 Å². The second-order valence-corrected chi connectivity index (χ2v) is 7.81. The van der Waals surface area contributed by atoms with Crippen molar-refractivity contribution in [3.63, 3.8) is 0 Å². The van der Waals surface area contributed by atoms with E-state index in [0.29, 0.717) is 5.78 Å². The number of halogens is 2. The van der Waals surface area contributed by atoms with Crippen LogP contribution in [0.25, 0.3) is 0 Å². The molecule has 0 aromatic heterocycles. The van der Waals surface area contributed by atoms with Crippen LogP contribution in [0.4, 0.5) is 0 Å². The molecule has 1 heterocycles. The summed E-state index contributed by atoms with van der Waals surface area (Å²) in [5, 5.41) is 3.80. The maximum atomic E-state index is 13.1. The van der Waals surface area contributed by atoms with Gasteiger partial charge in [0.1, 0.15) is 12.1 Å². The molecule has 25 heavy (non-hydrogen) atoms. The lowest BCUT2D eigenvalue weighted by Gasteiger charge is -2.37. The average molecular weight is 377 g/mol. The third-order valence-corrected chi connectivity index (χ3v) is 5.81. The third kappa shape index (κ3) is 3.92. The fourth-order valence-electron chi connectivity index (χ4n) is 3.96. The van der Waals surface area contributed by atoms with E-state index in [-0.39, 0.29) is 23.9 Å². The van der Waals surface area contributed by atoms with E-state index >= 15 is 0 Å². The fourth-order valence-corrected chi connectivity index (χ4v) is 4.21. The quantitative estimate of drug-likeness (QED) is 0.802.